The fraction of sp³-hybridized carbons (Fsp3) is 0.292. The van der Waals surface area contributed by atoms with Crippen LogP contribution < -0.4 is 5.32 Å². The minimum atomic E-state index is -1.13. The predicted octanol–water partition coefficient (Wildman–Crippen LogP) is 3.12. The molecule has 33 heavy (non-hydrogen) atoms. The number of aryl methyl sites for hydroxylation is 1. The average molecular weight is 446 g/mol. The number of hydrogen-bond acceptors (Lipinski definition) is 7. The topological polar surface area (TPSA) is 115 Å². The maximum atomic E-state index is 13.3. The Morgan fingerprint density at radius 1 is 1.15 bits per heavy atom. The van der Waals surface area contributed by atoms with Crippen molar-refractivity contribution in [2.24, 2.45) is 0 Å². The minimum absolute atomic E-state index is 0.122. The van der Waals surface area contributed by atoms with Crippen molar-refractivity contribution in [3.8, 4) is 11.5 Å². The summed E-state index contributed by atoms with van der Waals surface area (Å²) in [5, 5.41) is 10.8. The molecule has 2 aromatic carbocycles. The molecule has 5 rings (SSSR count). The molecule has 1 spiro atoms. The SMILES string of the molecule is C[C@H](OC(=O)CN1C(=O)N[C@]2(CCCc3ccccc32)C1=O)c1nnc(-c2ccccc2)o1. The Kier molecular flexibility index (Phi) is 5.16. The molecule has 0 saturated carbocycles. The monoisotopic (exact) mass is 446 g/mol. The number of benzene rings is 2. The van der Waals surface area contributed by atoms with E-state index in [1.54, 1.807) is 6.92 Å². The number of rotatable bonds is 5. The quantitative estimate of drug-likeness (QED) is 0.473. The maximum absolute atomic E-state index is 13.3. The van der Waals surface area contributed by atoms with E-state index < -0.39 is 36.1 Å². The van der Waals surface area contributed by atoms with Gasteiger partial charge >= 0.3 is 12.0 Å². The standard InChI is InChI=1S/C24H22N4O5/c1-15(20-26-27-21(33-20)17-9-3-2-4-10-17)32-19(29)14-28-22(30)24(25-23(28)31)13-7-11-16-8-5-6-12-18(16)24/h2-6,8-10,12,15H,7,11,13-14H2,1H3,(H,25,31)/t15-,24-/m0/s1. The predicted molar refractivity (Wildman–Crippen MR) is 116 cm³/mol. The number of urea groups is 1. The van der Waals surface area contributed by atoms with Crippen molar-refractivity contribution in [2.75, 3.05) is 6.54 Å². The summed E-state index contributed by atoms with van der Waals surface area (Å²) in [6.07, 6.45) is 1.25. The third kappa shape index (κ3) is 3.65. The summed E-state index contributed by atoms with van der Waals surface area (Å²) in [5.74, 6) is -0.752. The highest BCUT2D eigenvalue weighted by atomic mass is 16.6. The molecule has 3 amide bonds. The smallest absolute Gasteiger partial charge is 0.327 e. The van der Waals surface area contributed by atoms with Gasteiger partial charge in [-0.2, -0.15) is 0 Å². The Hall–Kier alpha value is -4.01. The molecule has 1 fully saturated rings. The van der Waals surface area contributed by atoms with Crippen molar-refractivity contribution in [1.29, 1.82) is 0 Å². The lowest BCUT2D eigenvalue weighted by Gasteiger charge is -2.33. The third-order valence-electron chi connectivity index (χ3n) is 6.06. The number of carbonyl (C=O) groups is 3. The van der Waals surface area contributed by atoms with Crippen LogP contribution in [0.2, 0.25) is 0 Å². The van der Waals surface area contributed by atoms with Crippen LogP contribution in [0, 0.1) is 0 Å². The van der Waals surface area contributed by atoms with Gasteiger partial charge in [0.25, 0.3) is 11.8 Å². The van der Waals surface area contributed by atoms with Gasteiger partial charge in [0, 0.05) is 5.56 Å². The van der Waals surface area contributed by atoms with E-state index in [0.717, 1.165) is 34.4 Å². The zero-order valence-corrected chi connectivity index (χ0v) is 18.0. The van der Waals surface area contributed by atoms with Crippen LogP contribution in [0.3, 0.4) is 0 Å². The van der Waals surface area contributed by atoms with Crippen molar-refractivity contribution in [3.63, 3.8) is 0 Å². The lowest BCUT2D eigenvalue weighted by Crippen LogP contribution is -2.46. The number of fused-ring (bicyclic) bond motifs is 2. The zero-order valence-electron chi connectivity index (χ0n) is 18.0. The van der Waals surface area contributed by atoms with Crippen LogP contribution in [0.1, 0.15) is 42.9 Å². The summed E-state index contributed by atoms with van der Waals surface area (Å²) < 4.78 is 11.0. The van der Waals surface area contributed by atoms with E-state index in [-0.39, 0.29) is 5.89 Å². The highest BCUT2D eigenvalue weighted by Gasteiger charge is 2.54. The second-order valence-electron chi connectivity index (χ2n) is 8.18. The number of esters is 1. The maximum Gasteiger partial charge on any atom is 0.327 e. The summed E-state index contributed by atoms with van der Waals surface area (Å²) in [6.45, 7) is 1.09. The first-order chi connectivity index (χ1) is 16.0. The van der Waals surface area contributed by atoms with Gasteiger partial charge in [0.05, 0.1) is 0 Å². The van der Waals surface area contributed by atoms with Crippen molar-refractivity contribution < 1.29 is 23.5 Å². The van der Waals surface area contributed by atoms with Crippen LogP contribution in [-0.2, 0) is 26.3 Å². The van der Waals surface area contributed by atoms with Crippen LogP contribution in [0.15, 0.2) is 59.0 Å². The molecule has 0 radical (unpaired) electrons. The molecule has 1 aliphatic heterocycles. The lowest BCUT2D eigenvalue weighted by molar-refractivity contribution is -0.153. The van der Waals surface area contributed by atoms with Gasteiger partial charge in [0.2, 0.25) is 5.89 Å². The Morgan fingerprint density at radius 2 is 1.91 bits per heavy atom. The number of carbonyl (C=O) groups excluding carboxylic acids is 3. The Bertz CT molecular complexity index is 1220. The van der Waals surface area contributed by atoms with Crippen molar-refractivity contribution in [2.45, 2.75) is 37.8 Å². The van der Waals surface area contributed by atoms with Crippen LogP contribution >= 0.6 is 0 Å². The summed E-state index contributed by atoms with van der Waals surface area (Å²) >= 11 is 0. The van der Waals surface area contributed by atoms with Crippen LogP contribution in [0.4, 0.5) is 4.79 Å². The highest BCUT2D eigenvalue weighted by Crippen LogP contribution is 2.39. The zero-order chi connectivity index (χ0) is 23.0. The van der Waals surface area contributed by atoms with Gasteiger partial charge in [0.15, 0.2) is 6.10 Å². The van der Waals surface area contributed by atoms with Gasteiger partial charge in [0.1, 0.15) is 12.1 Å². The fourth-order valence-electron chi connectivity index (χ4n) is 4.47. The molecule has 2 heterocycles. The first kappa shape index (κ1) is 20.9. The number of nitrogens with one attached hydrogen (secondary N) is 1. The molecule has 9 nitrogen and oxygen atoms in total. The van der Waals surface area contributed by atoms with E-state index in [4.69, 9.17) is 9.15 Å². The van der Waals surface area contributed by atoms with Crippen molar-refractivity contribution in [3.05, 3.63) is 71.6 Å². The van der Waals surface area contributed by atoms with Crippen LogP contribution in [-0.4, -0.2) is 39.5 Å². The molecule has 0 unspecified atom stereocenters. The van der Waals surface area contributed by atoms with Gasteiger partial charge in [-0.3, -0.25) is 14.5 Å². The molecule has 0 bridgehead atoms. The molecule has 1 aromatic heterocycles. The molecule has 168 valence electrons. The molecular formula is C24H22N4O5. The highest BCUT2D eigenvalue weighted by molar-refractivity contribution is 6.09. The second-order valence-corrected chi connectivity index (χ2v) is 8.18. The molecule has 1 N–H and O–H groups in total. The minimum Gasteiger partial charge on any atom is -0.451 e. The number of hydrogen-bond donors (Lipinski definition) is 1. The Balaban J connectivity index is 1.28. The average Bonchev–Trinajstić information content (AvgIpc) is 3.41. The second kappa shape index (κ2) is 8.16. The molecule has 2 atom stereocenters. The first-order valence-corrected chi connectivity index (χ1v) is 10.8. The van der Waals surface area contributed by atoms with Crippen LogP contribution in [0.25, 0.3) is 11.5 Å². The van der Waals surface area contributed by atoms with E-state index in [1.807, 2.05) is 54.6 Å². The van der Waals surface area contributed by atoms with Crippen molar-refractivity contribution >= 4 is 17.9 Å². The number of ether oxygens (including phenoxy) is 1. The van der Waals surface area contributed by atoms with Gasteiger partial charge in [-0.25, -0.2) is 4.79 Å². The van der Waals surface area contributed by atoms with Gasteiger partial charge in [-0.15, -0.1) is 10.2 Å². The Labute approximate surface area is 189 Å². The summed E-state index contributed by atoms with van der Waals surface area (Å²) in [6, 6.07) is 16.2. The fourth-order valence-corrected chi connectivity index (χ4v) is 4.47. The summed E-state index contributed by atoms with van der Waals surface area (Å²) in [5.41, 5.74) is 1.43. The third-order valence-corrected chi connectivity index (χ3v) is 6.06. The summed E-state index contributed by atoms with van der Waals surface area (Å²) in [4.78, 5) is 39.5. The molecule has 3 aromatic rings. The summed E-state index contributed by atoms with van der Waals surface area (Å²) in [7, 11) is 0. The number of imide groups is 1. The van der Waals surface area contributed by atoms with Gasteiger partial charge in [-0.1, -0.05) is 42.5 Å². The van der Waals surface area contributed by atoms with Crippen molar-refractivity contribution in [1.82, 2.24) is 20.4 Å². The first-order valence-electron chi connectivity index (χ1n) is 10.8. The lowest BCUT2D eigenvalue weighted by atomic mass is 9.76. The Morgan fingerprint density at radius 3 is 2.73 bits per heavy atom. The largest absolute Gasteiger partial charge is 0.451 e. The van der Waals surface area contributed by atoms with Gasteiger partial charge in [-0.05, 0) is 49.4 Å². The van der Waals surface area contributed by atoms with E-state index >= 15 is 0 Å². The molecular weight excluding hydrogens is 424 g/mol. The molecule has 9 heteroatoms. The molecule has 1 aliphatic carbocycles. The number of nitrogens with zero attached hydrogens (tertiary/aromatic N) is 3. The van der Waals surface area contributed by atoms with E-state index in [9.17, 15) is 14.4 Å². The number of aromatic nitrogens is 2. The number of amides is 3. The normalized spacial score (nSPS) is 20.5. The molecule has 1 saturated heterocycles. The van der Waals surface area contributed by atoms with E-state index in [2.05, 4.69) is 15.5 Å². The van der Waals surface area contributed by atoms with E-state index in [1.165, 1.54) is 0 Å². The van der Waals surface area contributed by atoms with Gasteiger partial charge < -0.3 is 14.5 Å². The molecule has 2 aliphatic rings. The van der Waals surface area contributed by atoms with E-state index in [0.29, 0.717) is 12.3 Å². The van der Waals surface area contributed by atoms with Crippen LogP contribution in [0.5, 0.6) is 0 Å².